The number of benzene rings is 1. The van der Waals surface area contributed by atoms with Gasteiger partial charge in [0.05, 0.1) is 6.10 Å². The molecule has 0 bridgehead atoms. The number of likely N-dealkylation sites (N-methyl/N-ethyl adjacent to an activating group) is 1. The highest BCUT2D eigenvalue weighted by atomic mass is 19.1. The molecule has 18 heavy (non-hydrogen) atoms. The van der Waals surface area contributed by atoms with Gasteiger partial charge in [0, 0.05) is 25.7 Å². The Balaban J connectivity index is 2.89. The second kappa shape index (κ2) is 6.83. The Hall–Kier alpha value is -0.970. The van der Waals surface area contributed by atoms with Crippen molar-refractivity contribution in [2.75, 3.05) is 20.7 Å². The van der Waals surface area contributed by atoms with Crippen LogP contribution in [0.2, 0.25) is 0 Å². The summed E-state index contributed by atoms with van der Waals surface area (Å²) in [7, 11) is 3.66. The topological polar surface area (TPSA) is 38.5 Å². The molecule has 0 amide bonds. The third-order valence-electron chi connectivity index (χ3n) is 3.11. The minimum Gasteiger partial charge on any atom is -0.380 e. The maximum atomic E-state index is 13.3. The predicted molar refractivity (Wildman–Crippen MR) is 71.9 cm³/mol. The molecule has 0 spiro atoms. The Kier molecular flexibility index (Phi) is 5.72. The lowest BCUT2D eigenvalue weighted by atomic mass is 9.99. The van der Waals surface area contributed by atoms with Gasteiger partial charge in [-0.05, 0) is 38.6 Å². The van der Waals surface area contributed by atoms with Gasteiger partial charge in [-0.15, -0.1) is 0 Å². The zero-order valence-electron chi connectivity index (χ0n) is 11.6. The predicted octanol–water partition coefficient (Wildman–Crippen LogP) is 2.18. The Morgan fingerprint density at radius 2 is 2.06 bits per heavy atom. The molecule has 0 aliphatic rings. The Bertz CT molecular complexity index is 371. The maximum absolute atomic E-state index is 13.3. The number of methoxy groups -OCH3 is 1. The molecule has 3 unspecified atom stereocenters. The van der Waals surface area contributed by atoms with Crippen LogP contribution >= 0.6 is 0 Å². The molecule has 0 saturated carbocycles. The second-order valence-corrected chi connectivity index (χ2v) is 4.84. The van der Waals surface area contributed by atoms with E-state index in [1.165, 1.54) is 6.07 Å². The van der Waals surface area contributed by atoms with Crippen LogP contribution in [0, 0.1) is 5.82 Å². The summed E-state index contributed by atoms with van der Waals surface area (Å²) in [5.74, 6) is -0.230. The Labute approximate surface area is 109 Å². The SMILES string of the molecule is COC(C)CN(C)C(c1cccc(F)c1)C(C)N. The van der Waals surface area contributed by atoms with Crippen LogP contribution in [0.1, 0.15) is 25.5 Å². The largest absolute Gasteiger partial charge is 0.380 e. The third-order valence-corrected chi connectivity index (χ3v) is 3.11. The fourth-order valence-electron chi connectivity index (χ4n) is 2.24. The highest BCUT2D eigenvalue weighted by Gasteiger charge is 2.22. The first-order chi connectivity index (χ1) is 8.45. The molecule has 0 saturated heterocycles. The van der Waals surface area contributed by atoms with E-state index < -0.39 is 0 Å². The molecule has 0 radical (unpaired) electrons. The summed E-state index contributed by atoms with van der Waals surface area (Å²) in [6.07, 6.45) is 0.116. The van der Waals surface area contributed by atoms with Crippen molar-refractivity contribution in [2.45, 2.75) is 32.0 Å². The minimum absolute atomic E-state index is 0.0155. The molecular weight excluding hydrogens is 231 g/mol. The quantitative estimate of drug-likeness (QED) is 0.845. The summed E-state index contributed by atoms with van der Waals surface area (Å²) >= 11 is 0. The van der Waals surface area contributed by atoms with Gasteiger partial charge in [-0.25, -0.2) is 4.39 Å². The van der Waals surface area contributed by atoms with Gasteiger partial charge in [0.25, 0.3) is 0 Å². The van der Waals surface area contributed by atoms with E-state index in [1.54, 1.807) is 19.2 Å². The summed E-state index contributed by atoms with van der Waals surface area (Å²) in [4.78, 5) is 2.10. The van der Waals surface area contributed by atoms with Gasteiger partial charge in [-0.3, -0.25) is 4.90 Å². The van der Waals surface area contributed by atoms with Gasteiger partial charge in [0.1, 0.15) is 5.82 Å². The van der Waals surface area contributed by atoms with E-state index in [1.807, 2.05) is 27.0 Å². The first kappa shape index (κ1) is 15.1. The molecule has 0 heterocycles. The molecule has 2 N–H and O–H groups in total. The summed E-state index contributed by atoms with van der Waals surface area (Å²) in [6, 6.07) is 6.51. The monoisotopic (exact) mass is 254 g/mol. The van der Waals surface area contributed by atoms with Crippen LogP contribution < -0.4 is 5.73 Å². The zero-order valence-corrected chi connectivity index (χ0v) is 11.6. The number of nitrogens with zero attached hydrogens (tertiary/aromatic N) is 1. The normalized spacial score (nSPS) is 16.6. The summed E-state index contributed by atoms with van der Waals surface area (Å²) in [5, 5.41) is 0. The second-order valence-electron chi connectivity index (χ2n) is 4.84. The molecular formula is C14H23FN2O. The number of hydrogen-bond donors (Lipinski definition) is 1. The molecule has 4 heteroatoms. The van der Waals surface area contributed by atoms with E-state index in [2.05, 4.69) is 4.90 Å². The van der Waals surface area contributed by atoms with E-state index in [9.17, 15) is 4.39 Å². The summed E-state index contributed by atoms with van der Waals surface area (Å²) < 4.78 is 18.6. The van der Waals surface area contributed by atoms with E-state index in [4.69, 9.17) is 10.5 Å². The van der Waals surface area contributed by atoms with Crippen molar-refractivity contribution in [2.24, 2.45) is 5.73 Å². The molecule has 0 aliphatic carbocycles. The van der Waals surface area contributed by atoms with Crippen LogP contribution in [0.5, 0.6) is 0 Å². The highest BCUT2D eigenvalue weighted by molar-refractivity contribution is 5.21. The van der Waals surface area contributed by atoms with Crippen LogP contribution in [0.3, 0.4) is 0 Å². The molecule has 3 nitrogen and oxygen atoms in total. The van der Waals surface area contributed by atoms with E-state index in [-0.39, 0.29) is 24.0 Å². The van der Waals surface area contributed by atoms with Gasteiger partial charge in [0.15, 0.2) is 0 Å². The minimum atomic E-state index is -0.230. The maximum Gasteiger partial charge on any atom is 0.123 e. The molecule has 1 aromatic carbocycles. The standard InChI is InChI=1S/C14H23FN2O/c1-10(18-4)9-17(3)14(11(2)16)12-6-5-7-13(15)8-12/h5-8,10-11,14H,9,16H2,1-4H3. The van der Waals surface area contributed by atoms with Crippen molar-refractivity contribution >= 4 is 0 Å². The van der Waals surface area contributed by atoms with E-state index >= 15 is 0 Å². The van der Waals surface area contributed by atoms with Crippen molar-refractivity contribution in [3.8, 4) is 0 Å². The lowest BCUT2D eigenvalue weighted by molar-refractivity contribution is 0.0673. The molecule has 102 valence electrons. The van der Waals surface area contributed by atoms with Crippen LogP contribution in [0.15, 0.2) is 24.3 Å². The Morgan fingerprint density at radius 1 is 1.39 bits per heavy atom. The van der Waals surface area contributed by atoms with Crippen LogP contribution in [-0.4, -0.2) is 37.7 Å². The average Bonchev–Trinajstić information content (AvgIpc) is 2.28. The van der Waals surface area contributed by atoms with Crippen molar-refractivity contribution in [1.82, 2.24) is 4.90 Å². The average molecular weight is 254 g/mol. The number of halogens is 1. The fraction of sp³-hybridized carbons (Fsp3) is 0.571. The smallest absolute Gasteiger partial charge is 0.123 e. The van der Waals surface area contributed by atoms with Crippen molar-refractivity contribution in [3.05, 3.63) is 35.6 Å². The van der Waals surface area contributed by atoms with Gasteiger partial charge in [0.2, 0.25) is 0 Å². The first-order valence-electron chi connectivity index (χ1n) is 6.19. The molecule has 3 atom stereocenters. The fourth-order valence-corrected chi connectivity index (χ4v) is 2.24. The van der Waals surface area contributed by atoms with E-state index in [0.29, 0.717) is 0 Å². The zero-order chi connectivity index (χ0) is 13.7. The van der Waals surface area contributed by atoms with Crippen LogP contribution in [0.4, 0.5) is 4.39 Å². The first-order valence-corrected chi connectivity index (χ1v) is 6.19. The van der Waals surface area contributed by atoms with Gasteiger partial charge < -0.3 is 10.5 Å². The van der Waals surface area contributed by atoms with Crippen LogP contribution in [-0.2, 0) is 4.74 Å². The van der Waals surface area contributed by atoms with Crippen molar-refractivity contribution < 1.29 is 9.13 Å². The number of hydrogen-bond acceptors (Lipinski definition) is 3. The lowest BCUT2D eigenvalue weighted by Crippen LogP contribution is -2.40. The molecule has 0 fully saturated rings. The van der Waals surface area contributed by atoms with Gasteiger partial charge in [-0.2, -0.15) is 0 Å². The number of rotatable bonds is 6. The molecule has 1 rings (SSSR count). The molecule has 1 aromatic rings. The van der Waals surface area contributed by atoms with Crippen molar-refractivity contribution in [3.63, 3.8) is 0 Å². The van der Waals surface area contributed by atoms with Gasteiger partial charge in [-0.1, -0.05) is 12.1 Å². The van der Waals surface area contributed by atoms with E-state index in [0.717, 1.165) is 12.1 Å². The lowest BCUT2D eigenvalue weighted by Gasteiger charge is -2.33. The number of ether oxygens (including phenoxy) is 1. The molecule has 0 aromatic heterocycles. The summed E-state index contributed by atoms with van der Waals surface area (Å²) in [5.41, 5.74) is 6.93. The summed E-state index contributed by atoms with van der Waals surface area (Å²) in [6.45, 7) is 4.68. The highest BCUT2D eigenvalue weighted by Crippen LogP contribution is 2.23. The molecule has 0 aliphatic heterocycles. The van der Waals surface area contributed by atoms with Crippen LogP contribution in [0.25, 0.3) is 0 Å². The Morgan fingerprint density at radius 3 is 2.56 bits per heavy atom. The van der Waals surface area contributed by atoms with Gasteiger partial charge >= 0.3 is 0 Å². The van der Waals surface area contributed by atoms with Crippen molar-refractivity contribution in [1.29, 1.82) is 0 Å². The number of nitrogens with two attached hydrogens (primary N) is 1. The third kappa shape index (κ3) is 4.05.